The van der Waals surface area contributed by atoms with E-state index >= 15 is 0 Å². The quantitative estimate of drug-likeness (QED) is 0.803. The Kier molecular flexibility index (Phi) is 6.46. The molecule has 1 amide bonds. The van der Waals surface area contributed by atoms with Gasteiger partial charge in [0.25, 0.3) is 0 Å². The summed E-state index contributed by atoms with van der Waals surface area (Å²) in [6.45, 7) is 4.13. The highest BCUT2D eigenvalue weighted by atomic mass is 35.5. The van der Waals surface area contributed by atoms with Gasteiger partial charge in [-0.2, -0.15) is 0 Å². The molecule has 2 N–H and O–H groups in total. The maximum atomic E-state index is 12.1. The number of hydrogen-bond donors (Lipinski definition) is 2. The van der Waals surface area contributed by atoms with Gasteiger partial charge in [0.1, 0.15) is 0 Å². The molecular weight excluding hydrogens is 331 g/mol. The molecule has 0 aliphatic carbocycles. The normalized spacial score (nSPS) is 13.4. The largest absolute Gasteiger partial charge is 0.348 e. The molecular formula is C18H20Cl2N2O. The molecule has 122 valence electrons. The van der Waals surface area contributed by atoms with Crippen molar-refractivity contribution in [2.75, 3.05) is 6.54 Å². The summed E-state index contributed by atoms with van der Waals surface area (Å²) in [7, 11) is 0. The zero-order valence-corrected chi connectivity index (χ0v) is 14.7. The summed E-state index contributed by atoms with van der Waals surface area (Å²) in [5.41, 5.74) is 1.95. The number of carbonyl (C=O) groups excluding carboxylic acids is 1. The Labute approximate surface area is 147 Å². The fourth-order valence-electron chi connectivity index (χ4n) is 2.33. The molecule has 0 bridgehead atoms. The first kappa shape index (κ1) is 17.8. The molecule has 2 aromatic carbocycles. The van der Waals surface area contributed by atoms with E-state index in [-0.39, 0.29) is 24.5 Å². The van der Waals surface area contributed by atoms with Gasteiger partial charge in [-0.3, -0.25) is 4.79 Å². The Morgan fingerprint density at radius 3 is 2.48 bits per heavy atom. The highest BCUT2D eigenvalue weighted by Crippen LogP contribution is 2.22. The molecule has 0 aromatic heterocycles. The Morgan fingerprint density at radius 2 is 1.78 bits per heavy atom. The van der Waals surface area contributed by atoms with Crippen molar-refractivity contribution in [1.82, 2.24) is 10.6 Å². The van der Waals surface area contributed by atoms with E-state index in [4.69, 9.17) is 23.2 Å². The molecule has 0 radical (unpaired) electrons. The van der Waals surface area contributed by atoms with Gasteiger partial charge in [-0.1, -0.05) is 53.5 Å². The SMILES string of the molecule is C[C@H](NC(=O)CN[C@@H](C)c1ccccc1Cl)c1cccc(Cl)c1. The van der Waals surface area contributed by atoms with Crippen LogP contribution in [0.25, 0.3) is 0 Å². The van der Waals surface area contributed by atoms with Crippen LogP contribution in [0.5, 0.6) is 0 Å². The zero-order chi connectivity index (χ0) is 16.8. The maximum absolute atomic E-state index is 12.1. The van der Waals surface area contributed by atoms with Crippen LogP contribution >= 0.6 is 23.2 Å². The molecule has 0 heterocycles. The van der Waals surface area contributed by atoms with E-state index in [1.54, 1.807) is 0 Å². The summed E-state index contributed by atoms with van der Waals surface area (Å²) < 4.78 is 0. The second-order valence-electron chi connectivity index (χ2n) is 5.47. The van der Waals surface area contributed by atoms with E-state index in [2.05, 4.69) is 10.6 Å². The lowest BCUT2D eigenvalue weighted by atomic mass is 10.1. The second kappa shape index (κ2) is 8.34. The molecule has 0 unspecified atom stereocenters. The molecule has 0 saturated heterocycles. The highest BCUT2D eigenvalue weighted by Gasteiger charge is 2.13. The van der Waals surface area contributed by atoms with E-state index in [0.717, 1.165) is 11.1 Å². The summed E-state index contributed by atoms with van der Waals surface area (Å²) in [5, 5.41) is 7.49. The number of carbonyl (C=O) groups is 1. The van der Waals surface area contributed by atoms with Crippen LogP contribution in [0.2, 0.25) is 10.0 Å². The van der Waals surface area contributed by atoms with Crippen molar-refractivity contribution < 1.29 is 4.79 Å². The van der Waals surface area contributed by atoms with Gasteiger partial charge >= 0.3 is 0 Å². The lowest BCUT2D eigenvalue weighted by Gasteiger charge is -2.18. The van der Waals surface area contributed by atoms with Gasteiger partial charge in [0.05, 0.1) is 12.6 Å². The minimum atomic E-state index is -0.0985. The lowest BCUT2D eigenvalue weighted by Crippen LogP contribution is -2.36. The van der Waals surface area contributed by atoms with Gasteiger partial charge in [0.15, 0.2) is 0 Å². The minimum Gasteiger partial charge on any atom is -0.348 e. The molecule has 2 aromatic rings. The number of benzene rings is 2. The number of hydrogen-bond acceptors (Lipinski definition) is 2. The number of halogens is 2. The fraction of sp³-hybridized carbons (Fsp3) is 0.278. The number of amides is 1. The summed E-state index contributed by atoms with van der Waals surface area (Å²) in [6, 6.07) is 15.0. The molecule has 3 nitrogen and oxygen atoms in total. The van der Waals surface area contributed by atoms with E-state index in [9.17, 15) is 4.79 Å². The van der Waals surface area contributed by atoms with Crippen molar-refractivity contribution in [3.63, 3.8) is 0 Å². The summed E-state index contributed by atoms with van der Waals surface area (Å²) in [5.74, 6) is -0.0728. The van der Waals surface area contributed by atoms with Crippen LogP contribution in [0.15, 0.2) is 48.5 Å². The molecule has 2 rings (SSSR count). The van der Waals surface area contributed by atoms with Crippen molar-refractivity contribution >= 4 is 29.1 Å². The monoisotopic (exact) mass is 350 g/mol. The van der Waals surface area contributed by atoms with Crippen molar-refractivity contribution in [2.45, 2.75) is 25.9 Å². The maximum Gasteiger partial charge on any atom is 0.234 e. The first-order chi connectivity index (χ1) is 11.0. The summed E-state index contributed by atoms with van der Waals surface area (Å²) >= 11 is 12.1. The topological polar surface area (TPSA) is 41.1 Å². The smallest absolute Gasteiger partial charge is 0.234 e. The van der Waals surface area contributed by atoms with Crippen LogP contribution in [0, 0.1) is 0 Å². The Morgan fingerprint density at radius 1 is 1.04 bits per heavy atom. The molecule has 0 spiro atoms. The zero-order valence-electron chi connectivity index (χ0n) is 13.1. The van der Waals surface area contributed by atoms with Crippen LogP contribution in [0.4, 0.5) is 0 Å². The van der Waals surface area contributed by atoms with Gasteiger partial charge in [-0.25, -0.2) is 0 Å². The minimum absolute atomic E-state index is 0.00377. The first-order valence-corrected chi connectivity index (χ1v) is 8.25. The van der Waals surface area contributed by atoms with E-state index < -0.39 is 0 Å². The average molecular weight is 351 g/mol. The standard InChI is InChI=1S/C18H20Cl2N2O/c1-12(14-6-5-7-15(19)10-14)22-18(23)11-21-13(2)16-8-3-4-9-17(16)20/h3-10,12-13,21H,11H2,1-2H3,(H,22,23)/t12-,13-/m0/s1. The second-order valence-corrected chi connectivity index (χ2v) is 6.31. The van der Waals surface area contributed by atoms with E-state index in [1.165, 1.54) is 0 Å². The van der Waals surface area contributed by atoms with Crippen LogP contribution in [0.1, 0.15) is 37.1 Å². The van der Waals surface area contributed by atoms with Gasteiger partial charge in [0.2, 0.25) is 5.91 Å². The first-order valence-electron chi connectivity index (χ1n) is 7.50. The molecule has 0 aliphatic heterocycles. The van der Waals surface area contributed by atoms with Gasteiger partial charge in [-0.05, 0) is 43.2 Å². The third-order valence-corrected chi connectivity index (χ3v) is 4.25. The predicted molar refractivity (Wildman–Crippen MR) is 95.9 cm³/mol. The Bertz CT molecular complexity index is 676. The molecule has 2 atom stereocenters. The van der Waals surface area contributed by atoms with Crippen molar-refractivity contribution in [3.8, 4) is 0 Å². The van der Waals surface area contributed by atoms with Crippen LogP contribution in [0.3, 0.4) is 0 Å². The highest BCUT2D eigenvalue weighted by molar-refractivity contribution is 6.31. The number of rotatable bonds is 6. The van der Waals surface area contributed by atoms with Crippen LogP contribution in [-0.2, 0) is 4.79 Å². The van der Waals surface area contributed by atoms with Gasteiger partial charge in [-0.15, -0.1) is 0 Å². The Hall–Kier alpha value is -1.55. The van der Waals surface area contributed by atoms with Gasteiger partial charge in [0, 0.05) is 16.1 Å². The lowest BCUT2D eigenvalue weighted by molar-refractivity contribution is -0.121. The third kappa shape index (κ3) is 5.24. The van der Waals surface area contributed by atoms with E-state index in [0.29, 0.717) is 10.0 Å². The molecule has 0 saturated carbocycles. The summed E-state index contributed by atoms with van der Waals surface area (Å²) in [6.07, 6.45) is 0. The van der Waals surface area contributed by atoms with E-state index in [1.807, 2.05) is 62.4 Å². The summed E-state index contributed by atoms with van der Waals surface area (Å²) in [4.78, 5) is 12.1. The molecule has 0 fully saturated rings. The van der Waals surface area contributed by atoms with Crippen LogP contribution < -0.4 is 10.6 Å². The molecule has 5 heteroatoms. The third-order valence-electron chi connectivity index (χ3n) is 3.67. The molecule has 23 heavy (non-hydrogen) atoms. The van der Waals surface area contributed by atoms with Gasteiger partial charge < -0.3 is 10.6 Å². The predicted octanol–water partition coefficient (Wildman–Crippen LogP) is 4.52. The van der Waals surface area contributed by atoms with Crippen molar-refractivity contribution in [3.05, 3.63) is 69.7 Å². The van der Waals surface area contributed by atoms with Crippen LogP contribution in [-0.4, -0.2) is 12.5 Å². The van der Waals surface area contributed by atoms with Crippen molar-refractivity contribution in [1.29, 1.82) is 0 Å². The molecule has 0 aliphatic rings. The number of nitrogens with one attached hydrogen (secondary N) is 2. The van der Waals surface area contributed by atoms with Crippen molar-refractivity contribution in [2.24, 2.45) is 0 Å². The fourth-order valence-corrected chi connectivity index (χ4v) is 2.83. The Balaban J connectivity index is 1.86. The average Bonchev–Trinajstić information content (AvgIpc) is 2.53.